The molecule has 0 heterocycles. The molecule has 0 spiro atoms. The molecule has 2 aromatic rings. The van der Waals surface area contributed by atoms with Gasteiger partial charge in [0.25, 0.3) is 5.91 Å². The van der Waals surface area contributed by atoms with E-state index in [-0.39, 0.29) is 23.0 Å². The first-order valence-electron chi connectivity index (χ1n) is 6.43. The van der Waals surface area contributed by atoms with Gasteiger partial charge < -0.3 is 15.1 Å². The fourth-order valence-corrected chi connectivity index (χ4v) is 2.16. The Hall–Kier alpha value is -2.49. The number of para-hydroxylation sites is 1. The Labute approximate surface area is 117 Å². The molecule has 0 radical (unpaired) electrons. The zero-order chi connectivity index (χ0) is 14.7. The molecule has 0 atom stereocenters. The van der Waals surface area contributed by atoms with E-state index in [9.17, 15) is 15.0 Å². The number of nitrogens with zero attached hydrogens (tertiary/aromatic N) is 1. The Kier molecular flexibility index (Phi) is 3.94. The molecule has 4 nitrogen and oxygen atoms in total. The van der Waals surface area contributed by atoms with Crippen LogP contribution in [0.5, 0.6) is 11.5 Å². The molecule has 104 valence electrons. The van der Waals surface area contributed by atoms with Crippen LogP contribution in [0.4, 0.5) is 5.69 Å². The van der Waals surface area contributed by atoms with Crippen molar-refractivity contribution < 1.29 is 15.0 Å². The Morgan fingerprint density at radius 1 is 1.10 bits per heavy atom. The van der Waals surface area contributed by atoms with Crippen molar-refractivity contribution >= 4 is 11.6 Å². The number of carbonyl (C=O) groups is 1. The molecule has 2 N–H and O–H groups in total. The van der Waals surface area contributed by atoms with Gasteiger partial charge in [-0.2, -0.15) is 0 Å². The number of anilines is 1. The van der Waals surface area contributed by atoms with Crippen LogP contribution in [0.15, 0.2) is 42.5 Å². The molecule has 0 aliphatic rings. The average Bonchev–Trinajstić information content (AvgIpc) is 2.40. The van der Waals surface area contributed by atoms with E-state index in [2.05, 4.69) is 0 Å². The van der Waals surface area contributed by atoms with Crippen molar-refractivity contribution in [3.8, 4) is 11.5 Å². The molecule has 2 rings (SSSR count). The van der Waals surface area contributed by atoms with Crippen LogP contribution in [-0.2, 0) is 0 Å². The molecule has 0 unspecified atom stereocenters. The van der Waals surface area contributed by atoms with Gasteiger partial charge in [0, 0.05) is 23.9 Å². The summed E-state index contributed by atoms with van der Waals surface area (Å²) in [5.41, 5.74) is 2.07. The third-order valence-corrected chi connectivity index (χ3v) is 3.12. The number of hydrogen-bond donors (Lipinski definition) is 2. The molecule has 1 amide bonds. The third kappa shape index (κ3) is 2.74. The Morgan fingerprint density at radius 2 is 1.70 bits per heavy atom. The highest BCUT2D eigenvalue weighted by molar-refractivity contribution is 6.06. The Bertz CT molecular complexity index is 617. The average molecular weight is 271 g/mol. The molecule has 2 aromatic carbocycles. The Morgan fingerprint density at radius 3 is 2.25 bits per heavy atom. The maximum absolute atomic E-state index is 12.5. The van der Waals surface area contributed by atoms with Crippen LogP contribution in [0.25, 0.3) is 0 Å². The fraction of sp³-hybridized carbons (Fsp3) is 0.188. The van der Waals surface area contributed by atoms with Crippen LogP contribution in [-0.4, -0.2) is 22.7 Å². The summed E-state index contributed by atoms with van der Waals surface area (Å²) < 4.78 is 0. The van der Waals surface area contributed by atoms with E-state index >= 15 is 0 Å². The summed E-state index contributed by atoms with van der Waals surface area (Å²) in [7, 11) is 0. The van der Waals surface area contributed by atoms with Gasteiger partial charge in [0.15, 0.2) is 0 Å². The first-order valence-corrected chi connectivity index (χ1v) is 6.43. The highest BCUT2D eigenvalue weighted by atomic mass is 16.3. The topological polar surface area (TPSA) is 60.8 Å². The van der Waals surface area contributed by atoms with Crippen LogP contribution in [0.1, 0.15) is 22.8 Å². The monoisotopic (exact) mass is 271 g/mol. The number of carbonyl (C=O) groups excluding carboxylic acids is 1. The van der Waals surface area contributed by atoms with Gasteiger partial charge in [-0.25, -0.2) is 0 Å². The molecule has 0 fully saturated rings. The predicted molar refractivity (Wildman–Crippen MR) is 78.3 cm³/mol. The van der Waals surface area contributed by atoms with Gasteiger partial charge in [0.2, 0.25) is 0 Å². The number of hydrogen-bond acceptors (Lipinski definition) is 3. The van der Waals surface area contributed by atoms with E-state index in [0.717, 1.165) is 11.3 Å². The van der Waals surface area contributed by atoms with Crippen molar-refractivity contribution in [3.05, 3.63) is 53.6 Å². The molecule has 0 aromatic heterocycles. The lowest BCUT2D eigenvalue weighted by atomic mass is 10.1. The maximum atomic E-state index is 12.5. The normalized spacial score (nSPS) is 10.3. The standard InChI is InChI=1S/C16H17NO3/c1-3-17(15-7-5-4-6-11(15)2)16(20)12-8-13(18)10-14(19)9-12/h4-10,18-19H,3H2,1-2H3. The molecule has 0 bridgehead atoms. The largest absolute Gasteiger partial charge is 0.508 e. The minimum atomic E-state index is -0.256. The highest BCUT2D eigenvalue weighted by Crippen LogP contribution is 2.25. The van der Waals surface area contributed by atoms with Gasteiger partial charge in [0.05, 0.1) is 0 Å². The van der Waals surface area contributed by atoms with Crippen molar-refractivity contribution in [1.29, 1.82) is 0 Å². The minimum absolute atomic E-state index is 0.130. The Balaban J connectivity index is 2.42. The first-order chi connectivity index (χ1) is 9.52. The number of aromatic hydroxyl groups is 2. The second kappa shape index (κ2) is 5.65. The SMILES string of the molecule is CCN(C(=O)c1cc(O)cc(O)c1)c1ccccc1C. The number of rotatable bonds is 3. The molecule has 20 heavy (non-hydrogen) atoms. The van der Waals surface area contributed by atoms with Crippen LogP contribution in [0, 0.1) is 6.92 Å². The van der Waals surface area contributed by atoms with E-state index < -0.39 is 0 Å². The van der Waals surface area contributed by atoms with Crippen molar-refractivity contribution in [2.75, 3.05) is 11.4 Å². The summed E-state index contributed by atoms with van der Waals surface area (Å²) in [6.07, 6.45) is 0. The summed E-state index contributed by atoms with van der Waals surface area (Å²) in [6.45, 7) is 4.32. The molecule has 0 aliphatic carbocycles. The number of phenols is 2. The fourth-order valence-electron chi connectivity index (χ4n) is 2.16. The van der Waals surface area contributed by atoms with Crippen LogP contribution in [0.3, 0.4) is 0 Å². The number of aryl methyl sites for hydroxylation is 1. The molecular formula is C16H17NO3. The summed E-state index contributed by atoms with van der Waals surface area (Å²) >= 11 is 0. The van der Waals surface area contributed by atoms with Crippen molar-refractivity contribution in [2.24, 2.45) is 0 Å². The summed E-state index contributed by atoms with van der Waals surface area (Å²) in [6, 6.07) is 11.5. The lowest BCUT2D eigenvalue weighted by molar-refractivity contribution is 0.0987. The first kappa shape index (κ1) is 13.9. The second-order valence-electron chi connectivity index (χ2n) is 4.57. The zero-order valence-electron chi connectivity index (χ0n) is 11.5. The zero-order valence-corrected chi connectivity index (χ0v) is 11.5. The second-order valence-corrected chi connectivity index (χ2v) is 4.57. The van der Waals surface area contributed by atoms with Crippen molar-refractivity contribution in [2.45, 2.75) is 13.8 Å². The minimum Gasteiger partial charge on any atom is -0.508 e. The number of amides is 1. The van der Waals surface area contributed by atoms with Gasteiger partial charge >= 0.3 is 0 Å². The van der Waals surface area contributed by atoms with E-state index in [1.54, 1.807) is 4.90 Å². The van der Waals surface area contributed by atoms with Gasteiger partial charge in [-0.05, 0) is 37.6 Å². The molecule has 0 saturated heterocycles. The summed E-state index contributed by atoms with van der Waals surface area (Å²) in [5.74, 6) is -0.517. The van der Waals surface area contributed by atoms with Gasteiger partial charge in [-0.1, -0.05) is 18.2 Å². The third-order valence-electron chi connectivity index (χ3n) is 3.12. The summed E-state index contributed by atoms with van der Waals surface area (Å²) in [4.78, 5) is 14.2. The van der Waals surface area contributed by atoms with Crippen molar-refractivity contribution in [3.63, 3.8) is 0 Å². The molecule has 0 aliphatic heterocycles. The maximum Gasteiger partial charge on any atom is 0.258 e. The number of phenolic OH excluding ortho intramolecular Hbond substituents is 2. The van der Waals surface area contributed by atoms with Crippen LogP contribution < -0.4 is 4.90 Å². The van der Waals surface area contributed by atoms with Crippen LogP contribution >= 0.6 is 0 Å². The predicted octanol–water partition coefficient (Wildman–Crippen LogP) is 3.07. The molecule has 4 heteroatoms. The van der Waals surface area contributed by atoms with E-state index in [4.69, 9.17) is 0 Å². The van der Waals surface area contributed by atoms with Gasteiger partial charge in [-0.3, -0.25) is 4.79 Å². The highest BCUT2D eigenvalue weighted by Gasteiger charge is 2.18. The smallest absolute Gasteiger partial charge is 0.258 e. The van der Waals surface area contributed by atoms with E-state index in [0.29, 0.717) is 6.54 Å². The van der Waals surface area contributed by atoms with Crippen LogP contribution in [0.2, 0.25) is 0 Å². The molecular weight excluding hydrogens is 254 g/mol. The van der Waals surface area contributed by atoms with Crippen molar-refractivity contribution in [1.82, 2.24) is 0 Å². The quantitative estimate of drug-likeness (QED) is 0.901. The lowest BCUT2D eigenvalue weighted by Gasteiger charge is -2.23. The number of benzene rings is 2. The van der Waals surface area contributed by atoms with E-state index in [1.165, 1.54) is 18.2 Å². The lowest BCUT2D eigenvalue weighted by Crippen LogP contribution is -2.31. The van der Waals surface area contributed by atoms with E-state index in [1.807, 2.05) is 38.1 Å². The summed E-state index contributed by atoms with van der Waals surface area (Å²) in [5, 5.41) is 19.0. The van der Waals surface area contributed by atoms with Gasteiger partial charge in [0.1, 0.15) is 11.5 Å². The van der Waals surface area contributed by atoms with Gasteiger partial charge in [-0.15, -0.1) is 0 Å². The molecule has 0 saturated carbocycles.